The van der Waals surface area contributed by atoms with E-state index in [1.54, 1.807) is 0 Å². The molecule has 0 fully saturated rings. The van der Waals surface area contributed by atoms with Gasteiger partial charge in [0.25, 0.3) is 0 Å². The zero-order chi connectivity index (χ0) is 8.55. The van der Waals surface area contributed by atoms with Gasteiger partial charge in [-0.05, 0) is 0 Å². The van der Waals surface area contributed by atoms with E-state index in [1.165, 1.54) is 9.62 Å². The van der Waals surface area contributed by atoms with Crippen LogP contribution in [0.1, 0.15) is 12.7 Å². The van der Waals surface area contributed by atoms with Gasteiger partial charge < -0.3 is 0 Å². The third-order valence-corrected chi connectivity index (χ3v) is 2.26. The Hall–Kier alpha value is -0.643. The number of hydrogen-bond acceptors (Lipinski definition) is 1. The Morgan fingerprint density at radius 3 is 2.75 bits per heavy atom. The fourth-order valence-electron chi connectivity index (χ4n) is 1.56. The molecule has 0 bridgehead atoms. The molecule has 1 heterocycles. The van der Waals surface area contributed by atoms with Gasteiger partial charge in [0.15, 0.2) is 0 Å². The molecular weight excluding hydrogens is 143 g/mol. The standard InChI is InChI=1S/C10H9O.Li/c1-2-9-7-8-5-3-4-6-10(8)11-9;/h3-6H,2H2,1H3;. The molecule has 2 heteroatoms. The average Bonchev–Trinajstić information content (AvgIpc) is 2.44. The molecule has 0 aliphatic carbocycles. The summed E-state index contributed by atoms with van der Waals surface area (Å²) in [6.45, 7) is 2.12. The molecule has 56 valence electrons. The first kappa shape index (κ1) is 7.98. The summed E-state index contributed by atoms with van der Waals surface area (Å²) in [5.74, 6) is 1.11. The van der Waals surface area contributed by atoms with Gasteiger partial charge in [0.1, 0.15) is 0 Å². The number of para-hydroxylation sites is 1. The molecule has 0 saturated carbocycles. The Bertz CT molecular complexity index is 403. The van der Waals surface area contributed by atoms with Crippen LogP contribution in [0.2, 0.25) is 0 Å². The average molecular weight is 152 g/mol. The number of aryl methyl sites for hydroxylation is 1. The minimum atomic E-state index is 0.973. The summed E-state index contributed by atoms with van der Waals surface area (Å²) in [6.07, 6.45) is 0.973. The molecule has 12 heavy (non-hydrogen) atoms. The maximum absolute atomic E-state index is 5.65. The molecule has 0 spiro atoms. The van der Waals surface area contributed by atoms with Crippen molar-refractivity contribution < 1.29 is 4.42 Å². The van der Waals surface area contributed by atoms with E-state index in [-0.39, 0.29) is 0 Å². The molecular formula is C10H9LiO. The van der Waals surface area contributed by atoms with Gasteiger partial charge in [-0.15, -0.1) is 0 Å². The summed E-state index contributed by atoms with van der Waals surface area (Å²) < 4.78 is 6.93. The van der Waals surface area contributed by atoms with Crippen LogP contribution < -0.4 is 4.24 Å². The van der Waals surface area contributed by atoms with Crippen molar-refractivity contribution in [2.45, 2.75) is 13.3 Å². The Morgan fingerprint density at radius 1 is 1.33 bits per heavy atom. The van der Waals surface area contributed by atoms with E-state index in [0.717, 1.165) is 17.8 Å². The summed E-state index contributed by atoms with van der Waals surface area (Å²) in [5.41, 5.74) is 1.01. The summed E-state index contributed by atoms with van der Waals surface area (Å²) in [5, 5.41) is 1.24. The summed E-state index contributed by atoms with van der Waals surface area (Å²) in [7, 11) is 0. The van der Waals surface area contributed by atoms with Crippen molar-refractivity contribution in [2.24, 2.45) is 0 Å². The second-order valence-corrected chi connectivity index (χ2v) is 3.00. The molecule has 0 saturated heterocycles. The van der Waals surface area contributed by atoms with Crippen molar-refractivity contribution in [1.82, 2.24) is 0 Å². The van der Waals surface area contributed by atoms with E-state index < -0.39 is 0 Å². The first-order chi connectivity index (χ1) is 5.83. The molecule has 0 amide bonds. The maximum atomic E-state index is 5.65. The van der Waals surface area contributed by atoms with Gasteiger partial charge in [-0.2, -0.15) is 0 Å². The number of benzene rings is 1. The Balaban J connectivity index is 2.78. The molecule has 0 atom stereocenters. The van der Waals surface area contributed by atoms with Crippen LogP contribution in [0.3, 0.4) is 0 Å². The molecule has 0 aliphatic heterocycles. The van der Waals surface area contributed by atoms with Crippen LogP contribution in [0, 0.1) is 0 Å². The van der Waals surface area contributed by atoms with Crippen molar-refractivity contribution in [1.29, 1.82) is 0 Å². The molecule has 0 unspecified atom stereocenters. The van der Waals surface area contributed by atoms with Crippen LogP contribution in [-0.2, 0) is 6.42 Å². The van der Waals surface area contributed by atoms with E-state index in [2.05, 4.69) is 30.7 Å². The van der Waals surface area contributed by atoms with Crippen molar-refractivity contribution in [2.75, 3.05) is 0 Å². The topological polar surface area (TPSA) is 13.1 Å². The summed E-state index contributed by atoms with van der Waals surface area (Å²) in [4.78, 5) is 0. The van der Waals surface area contributed by atoms with Crippen LogP contribution >= 0.6 is 0 Å². The van der Waals surface area contributed by atoms with Crippen LogP contribution in [0.4, 0.5) is 0 Å². The molecule has 2 rings (SSSR count). The normalized spacial score (nSPS) is 10.9. The van der Waals surface area contributed by atoms with Crippen molar-refractivity contribution in [3.05, 3.63) is 30.0 Å². The monoisotopic (exact) mass is 152 g/mol. The Morgan fingerprint density at radius 2 is 2.08 bits per heavy atom. The predicted molar refractivity (Wildman–Crippen MR) is 51.0 cm³/mol. The van der Waals surface area contributed by atoms with E-state index in [4.69, 9.17) is 4.42 Å². The van der Waals surface area contributed by atoms with Crippen molar-refractivity contribution >= 4 is 32.9 Å². The molecule has 0 radical (unpaired) electrons. The first-order valence-electron chi connectivity index (χ1n) is 4.30. The number of rotatable bonds is 1. The van der Waals surface area contributed by atoms with E-state index in [1.807, 2.05) is 18.2 Å². The molecule has 0 aliphatic rings. The Labute approximate surface area is 81.0 Å². The van der Waals surface area contributed by atoms with Gasteiger partial charge in [-0.25, -0.2) is 0 Å². The van der Waals surface area contributed by atoms with E-state index >= 15 is 0 Å². The van der Waals surface area contributed by atoms with Gasteiger partial charge in [-0.3, -0.25) is 0 Å². The van der Waals surface area contributed by atoms with Gasteiger partial charge >= 0.3 is 80.7 Å². The van der Waals surface area contributed by atoms with Crippen LogP contribution in [0.15, 0.2) is 28.7 Å². The third kappa shape index (κ3) is 1.10. The Kier molecular flexibility index (Phi) is 2.00. The number of fused-ring (bicyclic) bond motifs is 1. The van der Waals surface area contributed by atoms with Crippen molar-refractivity contribution in [3.8, 4) is 0 Å². The van der Waals surface area contributed by atoms with Gasteiger partial charge in [0.05, 0.1) is 0 Å². The zero-order valence-corrected chi connectivity index (χ0v) is 7.42. The van der Waals surface area contributed by atoms with E-state index in [0.29, 0.717) is 0 Å². The SMILES string of the molecule is [Li][c]1c(CC)oc2ccccc12. The molecule has 1 aromatic heterocycles. The van der Waals surface area contributed by atoms with Crippen molar-refractivity contribution in [3.63, 3.8) is 0 Å². The molecule has 2 aromatic rings. The molecule has 1 aromatic carbocycles. The molecule has 0 N–H and O–H groups in total. The van der Waals surface area contributed by atoms with Gasteiger partial charge in [0.2, 0.25) is 0 Å². The fraction of sp³-hybridized carbons (Fsp3) is 0.200. The number of furan rings is 1. The van der Waals surface area contributed by atoms with E-state index in [9.17, 15) is 0 Å². The summed E-state index contributed by atoms with van der Waals surface area (Å²) in [6, 6.07) is 8.17. The number of hydrogen-bond donors (Lipinski definition) is 0. The minimum absolute atomic E-state index is 0.973. The van der Waals surface area contributed by atoms with Gasteiger partial charge in [-0.1, -0.05) is 0 Å². The predicted octanol–water partition coefficient (Wildman–Crippen LogP) is 1.79. The quantitative estimate of drug-likeness (QED) is 0.568. The van der Waals surface area contributed by atoms with Crippen LogP contribution in [0.5, 0.6) is 0 Å². The fourth-order valence-corrected chi connectivity index (χ4v) is 1.56. The van der Waals surface area contributed by atoms with Gasteiger partial charge in [0, 0.05) is 0 Å². The zero-order valence-electron chi connectivity index (χ0n) is 7.42. The second-order valence-electron chi connectivity index (χ2n) is 3.00. The first-order valence-corrected chi connectivity index (χ1v) is 4.30. The van der Waals surface area contributed by atoms with Crippen LogP contribution in [0.25, 0.3) is 11.0 Å². The summed E-state index contributed by atoms with van der Waals surface area (Å²) >= 11 is 2.12. The third-order valence-electron chi connectivity index (χ3n) is 2.26. The van der Waals surface area contributed by atoms with Crippen LogP contribution in [-0.4, -0.2) is 17.7 Å². The molecule has 1 nitrogen and oxygen atoms in total. The second kappa shape index (κ2) is 3.01.